The molecule has 1 aromatic heterocycles. The summed E-state index contributed by atoms with van der Waals surface area (Å²) in [5, 5.41) is 2.89. The van der Waals surface area contributed by atoms with E-state index >= 15 is 0 Å². The van der Waals surface area contributed by atoms with Gasteiger partial charge in [-0.2, -0.15) is 13.2 Å². The van der Waals surface area contributed by atoms with Crippen LogP contribution in [0.1, 0.15) is 23.7 Å². The highest BCUT2D eigenvalue weighted by Gasteiger charge is 2.36. The van der Waals surface area contributed by atoms with E-state index in [0.29, 0.717) is 18.7 Å². The Kier molecular flexibility index (Phi) is 2.84. The lowest BCUT2D eigenvalue weighted by molar-refractivity contribution is -0.140. The van der Waals surface area contributed by atoms with E-state index in [1.54, 1.807) is 12.1 Å². The molecule has 0 fully saturated rings. The summed E-state index contributed by atoms with van der Waals surface area (Å²) in [7, 11) is 0. The van der Waals surface area contributed by atoms with E-state index in [9.17, 15) is 13.2 Å². The van der Waals surface area contributed by atoms with Gasteiger partial charge in [-0.1, -0.05) is 12.1 Å². The molecule has 0 bridgehead atoms. The Morgan fingerprint density at radius 3 is 2.60 bits per heavy atom. The monoisotopic (exact) mass is 282 g/mol. The second-order valence-electron chi connectivity index (χ2n) is 4.75. The van der Waals surface area contributed by atoms with Crippen LogP contribution in [0.15, 0.2) is 30.5 Å². The van der Waals surface area contributed by atoms with Crippen molar-refractivity contribution >= 4 is 11.6 Å². The Hall–Kier alpha value is -2.18. The SMILES string of the molecule is Nc1ccc(C2CCNc3nc(C(F)(F)F)cn32)cc1. The molecule has 106 valence electrons. The van der Waals surface area contributed by atoms with Gasteiger partial charge in [-0.3, -0.25) is 0 Å². The minimum absolute atomic E-state index is 0.157. The Morgan fingerprint density at radius 2 is 1.95 bits per heavy atom. The van der Waals surface area contributed by atoms with Crippen molar-refractivity contribution in [2.45, 2.75) is 18.6 Å². The van der Waals surface area contributed by atoms with Gasteiger partial charge < -0.3 is 15.6 Å². The number of imidazole rings is 1. The van der Waals surface area contributed by atoms with Gasteiger partial charge in [0, 0.05) is 18.4 Å². The molecule has 0 radical (unpaired) electrons. The fraction of sp³-hybridized carbons (Fsp3) is 0.308. The first-order valence-corrected chi connectivity index (χ1v) is 6.20. The minimum atomic E-state index is -4.43. The van der Waals surface area contributed by atoms with Gasteiger partial charge >= 0.3 is 6.18 Å². The number of nitrogen functional groups attached to an aromatic ring is 1. The predicted octanol–water partition coefficient (Wildman–Crippen LogP) is 2.89. The molecule has 2 aromatic rings. The molecular formula is C13H13F3N4. The zero-order valence-electron chi connectivity index (χ0n) is 10.5. The maximum absolute atomic E-state index is 12.7. The summed E-state index contributed by atoms with van der Waals surface area (Å²) in [4.78, 5) is 3.62. The van der Waals surface area contributed by atoms with Crippen molar-refractivity contribution in [3.63, 3.8) is 0 Å². The van der Waals surface area contributed by atoms with Crippen LogP contribution >= 0.6 is 0 Å². The molecule has 0 saturated heterocycles. The molecule has 0 spiro atoms. The summed E-state index contributed by atoms with van der Waals surface area (Å²) in [5.41, 5.74) is 6.31. The van der Waals surface area contributed by atoms with Gasteiger partial charge in [-0.15, -0.1) is 0 Å². The van der Waals surface area contributed by atoms with Gasteiger partial charge in [0.05, 0.1) is 6.04 Å². The van der Waals surface area contributed by atoms with Gasteiger partial charge in [0.25, 0.3) is 0 Å². The summed E-state index contributed by atoms with van der Waals surface area (Å²) >= 11 is 0. The van der Waals surface area contributed by atoms with Crippen molar-refractivity contribution in [3.05, 3.63) is 41.7 Å². The lowest BCUT2D eigenvalue weighted by Crippen LogP contribution is -2.23. The van der Waals surface area contributed by atoms with Crippen LogP contribution in [-0.4, -0.2) is 16.1 Å². The number of anilines is 2. The number of nitrogens with one attached hydrogen (secondary N) is 1. The molecule has 0 saturated carbocycles. The summed E-state index contributed by atoms with van der Waals surface area (Å²) < 4.78 is 39.7. The third kappa shape index (κ3) is 2.19. The van der Waals surface area contributed by atoms with Gasteiger partial charge in [-0.05, 0) is 24.1 Å². The second-order valence-corrected chi connectivity index (χ2v) is 4.75. The van der Waals surface area contributed by atoms with Crippen LogP contribution in [0.4, 0.5) is 24.8 Å². The zero-order valence-corrected chi connectivity index (χ0v) is 10.5. The van der Waals surface area contributed by atoms with Gasteiger partial charge in [-0.25, -0.2) is 4.98 Å². The van der Waals surface area contributed by atoms with Crippen LogP contribution < -0.4 is 11.1 Å². The molecule has 3 N–H and O–H groups in total. The van der Waals surface area contributed by atoms with E-state index in [-0.39, 0.29) is 12.0 Å². The molecule has 2 heterocycles. The van der Waals surface area contributed by atoms with E-state index in [1.807, 2.05) is 12.1 Å². The molecule has 3 rings (SSSR count). The molecule has 0 aliphatic carbocycles. The Bertz CT molecular complexity index is 616. The largest absolute Gasteiger partial charge is 0.434 e. The molecule has 1 unspecified atom stereocenters. The standard InChI is InChI=1S/C13H13F3N4/c14-13(15,16)11-7-20-10(5-6-18-12(20)19-11)8-1-3-9(17)4-2-8/h1-4,7,10H,5-6,17H2,(H,18,19). The normalized spacial score (nSPS) is 18.4. The highest BCUT2D eigenvalue weighted by Crippen LogP contribution is 2.35. The van der Waals surface area contributed by atoms with E-state index in [0.717, 1.165) is 11.8 Å². The fourth-order valence-corrected chi connectivity index (χ4v) is 2.40. The van der Waals surface area contributed by atoms with E-state index in [2.05, 4.69) is 10.3 Å². The van der Waals surface area contributed by atoms with Gasteiger partial charge in [0.15, 0.2) is 5.69 Å². The first-order chi connectivity index (χ1) is 9.45. The van der Waals surface area contributed by atoms with Crippen molar-refractivity contribution in [1.82, 2.24) is 9.55 Å². The molecule has 1 aliphatic rings. The van der Waals surface area contributed by atoms with Crippen molar-refractivity contribution in [2.75, 3.05) is 17.6 Å². The summed E-state index contributed by atoms with van der Waals surface area (Å²) in [5.74, 6) is 0.255. The first-order valence-electron chi connectivity index (χ1n) is 6.20. The number of rotatable bonds is 1. The minimum Gasteiger partial charge on any atom is -0.399 e. The molecule has 20 heavy (non-hydrogen) atoms. The van der Waals surface area contributed by atoms with Gasteiger partial charge in [0.2, 0.25) is 5.95 Å². The Balaban J connectivity index is 2.01. The van der Waals surface area contributed by atoms with Gasteiger partial charge in [0.1, 0.15) is 0 Å². The third-order valence-corrected chi connectivity index (χ3v) is 3.38. The van der Waals surface area contributed by atoms with Crippen LogP contribution in [0.3, 0.4) is 0 Å². The summed E-state index contributed by atoms with van der Waals surface area (Å²) in [6.07, 6.45) is -2.68. The van der Waals surface area contributed by atoms with Crippen LogP contribution in [0.2, 0.25) is 0 Å². The highest BCUT2D eigenvalue weighted by molar-refractivity contribution is 5.42. The van der Waals surface area contributed by atoms with E-state index in [4.69, 9.17) is 5.73 Å². The number of nitrogens with two attached hydrogens (primary N) is 1. The summed E-state index contributed by atoms with van der Waals surface area (Å²) in [6, 6.07) is 7.01. The Labute approximate surface area is 113 Å². The van der Waals surface area contributed by atoms with Crippen LogP contribution in [-0.2, 0) is 6.18 Å². The summed E-state index contributed by atoms with van der Waals surface area (Å²) in [6.45, 7) is 0.587. The smallest absolute Gasteiger partial charge is 0.399 e. The highest BCUT2D eigenvalue weighted by atomic mass is 19.4. The molecule has 1 aromatic carbocycles. The van der Waals surface area contributed by atoms with Crippen molar-refractivity contribution in [2.24, 2.45) is 0 Å². The predicted molar refractivity (Wildman–Crippen MR) is 69.3 cm³/mol. The third-order valence-electron chi connectivity index (χ3n) is 3.38. The molecule has 4 nitrogen and oxygen atoms in total. The number of hydrogen-bond donors (Lipinski definition) is 2. The quantitative estimate of drug-likeness (QED) is 0.791. The lowest BCUT2D eigenvalue weighted by atomic mass is 10.0. The average Bonchev–Trinajstić information content (AvgIpc) is 2.83. The molecule has 1 aliphatic heterocycles. The second kappa shape index (κ2) is 4.43. The van der Waals surface area contributed by atoms with Crippen LogP contribution in [0, 0.1) is 0 Å². The van der Waals surface area contributed by atoms with Crippen molar-refractivity contribution in [3.8, 4) is 0 Å². The Morgan fingerprint density at radius 1 is 1.25 bits per heavy atom. The number of alkyl halides is 3. The number of benzene rings is 1. The maximum atomic E-state index is 12.7. The molecule has 0 amide bonds. The van der Waals surface area contributed by atoms with Crippen molar-refractivity contribution in [1.29, 1.82) is 0 Å². The van der Waals surface area contributed by atoms with E-state index < -0.39 is 11.9 Å². The number of hydrogen-bond acceptors (Lipinski definition) is 3. The molecule has 7 heteroatoms. The number of nitrogens with zero attached hydrogens (tertiary/aromatic N) is 2. The average molecular weight is 282 g/mol. The number of aromatic nitrogens is 2. The van der Waals surface area contributed by atoms with Crippen molar-refractivity contribution < 1.29 is 13.2 Å². The van der Waals surface area contributed by atoms with Crippen LogP contribution in [0.25, 0.3) is 0 Å². The number of fused-ring (bicyclic) bond motifs is 1. The fourth-order valence-electron chi connectivity index (χ4n) is 2.40. The maximum Gasteiger partial charge on any atom is 0.434 e. The first kappa shape index (κ1) is 12.8. The zero-order chi connectivity index (χ0) is 14.3. The topological polar surface area (TPSA) is 55.9 Å². The molecular weight excluding hydrogens is 269 g/mol. The number of halogens is 3. The van der Waals surface area contributed by atoms with E-state index in [1.165, 1.54) is 4.57 Å². The van der Waals surface area contributed by atoms with Crippen LogP contribution in [0.5, 0.6) is 0 Å². The molecule has 1 atom stereocenters. The lowest BCUT2D eigenvalue weighted by Gasteiger charge is -2.26.